The van der Waals surface area contributed by atoms with Crippen LogP contribution >= 0.6 is 12.2 Å². The van der Waals surface area contributed by atoms with Crippen LogP contribution in [-0.4, -0.2) is 23.7 Å². The summed E-state index contributed by atoms with van der Waals surface area (Å²) in [5, 5.41) is 6.94. The zero-order valence-corrected chi connectivity index (χ0v) is 11.8. The highest BCUT2D eigenvalue weighted by atomic mass is 32.1. The van der Waals surface area contributed by atoms with Gasteiger partial charge in [-0.25, -0.2) is 4.79 Å². The first-order chi connectivity index (χ1) is 9.19. The van der Waals surface area contributed by atoms with Gasteiger partial charge in [0, 0.05) is 11.7 Å². The summed E-state index contributed by atoms with van der Waals surface area (Å²) in [4.78, 5) is 11.6. The molecule has 19 heavy (non-hydrogen) atoms. The molecule has 1 aromatic rings. The van der Waals surface area contributed by atoms with Gasteiger partial charge in [0.15, 0.2) is 5.11 Å². The van der Waals surface area contributed by atoms with Gasteiger partial charge >= 0.3 is 5.97 Å². The predicted molar refractivity (Wildman–Crippen MR) is 79.4 cm³/mol. The molecule has 2 rings (SSSR count). The molecule has 0 spiro atoms. The Morgan fingerprint density at radius 1 is 1.47 bits per heavy atom. The third kappa shape index (κ3) is 3.92. The number of carbonyl (C=O) groups is 1. The highest BCUT2D eigenvalue weighted by Crippen LogP contribution is 2.18. The summed E-state index contributed by atoms with van der Waals surface area (Å²) in [5.74, 6) is -0.316. The molecule has 102 valence electrons. The maximum absolute atomic E-state index is 11.6. The van der Waals surface area contributed by atoms with Gasteiger partial charge in [0.1, 0.15) is 0 Å². The fraction of sp³-hybridized carbons (Fsp3) is 0.429. The summed E-state index contributed by atoms with van der Waals surface area (Å²) in [6, 6.07) is 7.64. The molecule has 0 heterocycles. The van der Waals surface area contributed by atoms with Crippen molar-refractivity contribution < 1.29 is 9.53 Å². The Kier molecular flexibility index (Phi) is 4.74. The molecule has 0 amide bonds. The van der Waals surface area contributed by atoms with Crippen LogP contribution in [0.15, 0.2) is 24.3 Å². The fourth-order valence-electron chi connectivity index (χ4n) is 1.84. The normalized spacial score (nSPS) is 14.4. The molecule has 0 aromatic heterocycles. The molecule has 2 N–H and O–H groups in total. The largest absolute Gasteiger partial charge is 0.462 e. The summed E-state index contributed by atoms with van der Waals surface area (Å²) in [7, 11) is 0. The second-order valence-electron chi connectivity index (χ2n) is 4.53. The molecule has 1 aromatic carbocycles. The van der Waals surface area contributed by atoms with E-state index >= 15 is 0 Å². The molecule has 4 nitrogen and oxygen atoms in total. The van der Waals surface area contributed by atoms with Crippen molar-refractivity contribution in [3.8, 4) is 0 Å². The minimum absolute atomic E-state index is 0.316. The topological polar surface area (TPSA) is 50.4 Å². The number of ether oxygens (including phenoxy) is 1. The van der Waals surface area contributed by atoms with Gasteiger partial charge in [-0.1, -0.05) is 6.07 Å². The molecule has 0 bridgehead atoms. The van der Waals surface area contributed by atoms with Crippen molar-refractivity contribution in [2.24, 2.45) is 0 Å². The van der Waals surface area contributed by atoms with Crippen LogP contribution in [0.2, 0.25) is 0 Å². The number of anilines is 1. The molecule has 1 fully saturated rings. The monoisotopic (exact) mass is 278 g/mol. The number of hydrogen-bond donors (Lipinski definition) is 2. The Morgan fingerprint density at radius 2 is 2.26 bits per heavy atom. The molecular formula is C14H18N2O2S. The van der Waals surface area contributed by atoms with Crippen LogP contribution in [0.1, 0.15) is 36.5 Å². The number of rotatable bonds is 4. The highest BCUT2D eigenvalue weighted by Gasteiger charge is 2.17. The Morgan fingerprint density at radius 3 is 2.89 bits per heavy atom. The van der Waals surface area contributed by atoms with Gasteiger partial charge in [-0.3, -0.25) is 0 Å². The maximum Gasteiger partial charge on any atom is 0.338 e. The minimum Gasteiger partial charge on any atom is -0.462 e. The number of hydrogen-bond acceptors (Lipinski definition) is 3. The number of esters is 1. The van der Waals surface area contributed by atoms with Crippen molar-refractivity contribution in [2.45, 2.75) is 32.2 Å². The first-order valence-corrected chi connectivity index (χ1v) is 6.94. The molecule has 0 radical (unpaired) electrons. The molecule has 0 saturated heterocycles. The quantitative estimate of drug-likeness (QED) is 0.655. The molecule has 0 aliphatic heterocycles. The third-order valence-corrected chi connectivity index (χ3v) is 3.29. The lowest BCUT2D eigenvalue weighted by molar-refractivity contribution is 0.0526. The summed E-state index contributed by atoms with van der Waals surface area (Å²) < 4.78 is 4.96. The van der Waals surface area contributed by atoms with E-state index in [0.717, 1.165) is 5.69 Å². The van der Waals surface area contributed by atoms with Gasteiger partial charge in [-0.15, -0.1) is 0 Å². The van der Waals surface area contributed by atoms with Crippen LogP contribution in [-0.2, 0) is 4.74 Å². The Labute approximate surface area is 118 Å². The van der Waals surface area contributed by atoms with Crippen molar-refractivity contribution >= 4 is 29.0 Å². The third-order valence-electron chi connectivity index (χ3n) is 3.07. The zero-order chi connectivity index (χ0) is 13.7. The van der Waals surface area contributed by atoms with Crippen molar-refractivity contribution in [2.75, 3.05) is 11.9 Å². The molecule has 5 heteroatoms. The maximum atomic E-state index is 11.6. The summed E-state index contributed by atoms with van der Waals surface area (Å²) in [6.45, 7) is 2.16. The molecular weight excluding hydrogens is 260 g/mol. The second-order valence-corrected chi connectivity index (χ2v) is 4.94. The zero-order valence-electron chi connectivity index (χ0n) is 10.9. The summed E-state index contributed by atoms with van der Waals surface area (Å²) >= 11 is 5.23. The van der Waals surface area contributed by atoms with Gasteiger partial charge in [0.05, 0.1) is 12.2 Å². The lowest BCUT2D eigenvalue weighted by atomic mass is 9.93. The molecule has 0 atom stereocenters. The number of nitrogens with one attached hydrogen (secondary N) is 2. The van der Waals surface area contributed by atoms with Crippen LogP contribution < -0.4 is 10.6 Å². The van der Waals surface area contributed by atoms with Crippen molar-refractivity contribution in [3.63, 3.8) is 0 Å². The second kappa shape index (κ2) is 6.52. The highest BCUT2D eigenvalue weighted by molar-refractivity contribution is 7.80. The number of benzene rings is 1. The van der Waals surface area contributed by atoms with Crippen molar-refractivity contribution in [1.82, 2.24) is 5.32 Å². The van der Waals surface area contributed by atoms with E-state index in [1.807, 2.05) is 6.07 Å². The van der Waals surface area contributed by atoms with E-state index in [4.69, 9.17) is 17.0 Å². The lowest BCUT2D eigenvalue weighted by Crippen LogP contribution is -2.41. The molecule has 0 unspecified atom stereocenters. The van der Waals surface area contributed by atoms with Gasteiger partial charge < -0.3 is 15.4 Å². The van der Waals surface area contributed by atoms with E-state index in [1.165, 1.54) is 19.3 Å². The average Bonchev–Trinajstić information content (AvgIpc) is 2.34. The Balaban J connectivity index is 1.94. The van der Waals surface area contributed by atoms with E-state index in [2.05, 4.69) is 10.6 Å². The van der Waals surface area contributed by atoms with E-state index in [0.29, 0.717) is 23.3 Å². The Bertz CT molecular complexity index is 472. The van der Waals surface area contributed by atoms with Crippen LogP contribution in [0.5, 0.6) is 0 Å². The Hall–Kier alpha value is -1.62. The van der Waals surface area contributed by atoms with E-state index in [1.54, 1.807) is 25.1 Å². The number of thiocarbonyl (C=S) groups is 1. The smallest absolute Gasteiger partial charge is 0.338 e. The molecule has 1 aliphatic rings. The standard InChI is InChI=1S/C14H18N2O2S/c1-2-18-13(17)10-5-3-8-12(9-10)16-14(19)15-11-6-4-7-11/h3,5,8-9,11H,2,4,6-7H2,1H3,(H2,15,16,19). The lowest BCUT2D eigenvalue weighted by Gasteiger charge is -2.27. The fourth-order valence-corrected chi connectivity index (χ4v) is 2.13. The van der Waals surface area contributed by atoms with Crippen LogP contribution in [0.4, 0.5) is 5.69 Å². The van der Waals surface area contributed by atoms with E-state index in [-0.39, 0.29) is 5.97 Å². The SMILES string of the molecule is CCOC(=O)c1cccc(NC(=S)NC2CCC2)c1. The van der Waals surface area contributed by atoms with Gasteiger partial charge in [-0.05, 0) is 56.6 Å². The van der Waals surface area contributed by atoms with Crippen molar-refractivity contribution in [3.05, 3.63) is 29.8 Å². The van der Waals surface area contributed by atoms with E-state index < -0.39 is 0 Å². The van der Waals surface area contributed by atoms with Crippen LogP contribution in [0.3, 0.4) is 0 Å². The first-order valence-electron chi connectivity index (χ1n) is 6.53. The van der Waals surface area contributed by atoms with Crippen LogP contribution in [0.25, 0.3) is 0 Å². The minimum atomic E-state index is -0.316. The predicted octanol–water partition coefficient (Wildman–Crippen LogP) is 2.70. The average molecular weight is 278 g/mol. The number of carbonyl (C=O) groups excluding carboxylic acids is 1. The van der Waals surface area contributed by atoms with Crippen LogP contribution in [0, 0.1) is 0 Å². The van der Waals surface area contributed by atoms with E-state index in [9.17, 15) is 4.79 Å². The van der Waals surface area contributed by atoms with Gasteiger partial charge in [0.25, 0.3) is 0 Å². The first kappa shape index (κ1) is 13.8. The summed E-state index contributed by atoms with van der Waals surface area (Å²) in [6.07, 6.45) is 3.61. The summed E-state index contributed by atoms with van der Waals surface area (Å²) in [5.41, 5.74) is 1.32. The molecule has 1 aliphatic carbocycles. The van der Waals surface area contributed by atoms with Crippen molar-refractivity contribution in [1.29, 1.82) is 0 Å². The molecule has 1 saturated carbocycles. The van der Waals surface area contributed by atoms with Gasteiger partial charge in [-0.2, -0.15) is 0 Å². The van der Waals surface area contributed by atoms with Gasteiger partial charge in [0.2, 0.25) is 0 Å².